The summed E-state index contributed by atoms with van der Waals surface area (Å²) in [6, 6.07) is 8.24. The molecular weight excluding hydrogens is 374 g/mol. The summed E-state index contributed by atoms with van der Waals surface area (Å²) >= 11 is 0. The highest BCUT2D eigenvalue weighted by Gasteiger charge is 2.22. The van der Waals surface area contributed by atoms with Crippen molar-refractivity contribution in [2.75, 3.05) is 13.1 Å². The van der Waals surface area contributed by atoms with Crippen LogP contribution in [0.3, 0.4) is 0 Å². The largest absolute Gasteiger partial charge is 0.345 e. The molecule has 27 heavy (non-hydrogen) atoms. The normalized spacial score (nSPS) is 12.8. The maximum absolute atomic E-state index is 13.7. The van der Waals surface area contributed by atoms with E-state index in [1.165, 1.54) is 16.4 Å². The second kappa shape index (κ2) is 8.58. The van der Waals surface area contributed by atoms with Gasteiger partial charge in [-0.2, -0.15) is 4.31 Å². The fraction of sp³-hybridized carbons (Fsp3) is 0.316. The summed E-state index contributed by atoms with van der Waals surface area (Å²) in [5.41, 5.74) is 0.251. The van der Waals surface area contributed by atoms with E-state index in [0.717, 1.165) is 18.2 Å². The molecule has 1 amide bonds. The van der Waals surface area contributed by atoms with Crippen LogP contribution in [0, 0.1) is 11.6 Å². The van der Waals surface area contributed by atoms with E-state index in [1.807, 2.05) is 0 Å². The highest BCUT2D eigenvalue weighted by atomic mass is 32.2. The highest BCUT2D eigenvalue weighted by molar-refractivity contribution is 7.89. The van der Waals surface area contributed by atoms with E-state index in [-0.39, 0.29) is 10.5 Å². The molecule has 2 rings (SSSR count). The van der Waals surface area contributed by atoms with Crippen LogP contribution in [0.5, 0.6) is 0 Å². The third-order valence-electron chi connectivity index (χ3n) is 4.24. The van der Waals surface area contributed by atoms with E-state index >= 15 is 0 Å². The van der Waals surface area contributed by atoms with Crippen molar-refractivity contribution in [3.8, 4) is 0 Å². The Balaban J connectivity index is 2.17. The number of carbonyl (C=O) groups is 1. The maximum Gasteiger partial charge on any atom is 0.254 e. The Labute approximate surface area is 158 Å². The van der Waals surface area contributed by atoms with E-state index < -0.39 is 33.6 Å². The molecule has 1 N–H and O–H groups in total. The Morgan fingerprint density at radius 1 is 1.07 bits per heavy atom. The molecule has 0 radical (unpaired) electrons. The lowest BCUT2D eigenvalue weighted by Gasteiger charge is -2.19. The molecule has 5 nitrogen and oxygen atoms in total. The molecule has 1 unspecified atom stereocenters. The van der Waals surface area contributed by atoms with Crippen LogP contribution >= 0.6 is 0 Å². The van der Waals surface area contributed by atoms with Crippen LogP contribution in [0.15, 0.2) is 47.4 Å². The summed E-state index contributed by atoms with van der Waals surface area (Å²) in [5, 5.41) is 2.58. The first-order valence-electron chi connectivity index (χ1n) is 8.56. The maximum atomic E-state index is 13.7. The molecule has 2 aromatic carbocycles. The smallest absolute Gasteiger partial charge is 0.254 e. The van der Waals surface area contributed by atoms with Crippen molar-refractivity contribution < 1.29 is 22.0 Å². The molecule has 0 saturated carbocycles. The molecule has 0 heterocycles. The lowest BCUT2D eigenvalue weighted by Crippen LogP contribution is -2.30. The number of amides is 1. The van der Waals surface area contributed by atoms with Gasteiger partial charge in [-0.1, -0.05) is 26.0 Å². The van der Waals surface area contributed by atoms with Gasteiger partial charge in [0, 0.05) is 13.1 Å². The Morgan fingerprint density at radius 2 is 1.67 bits per heavy atom. The number of nitrogens with one attached hydrogen (secondary N) is 1. The van der Waals surface area contributed by atoms with Gasteiger partial charge in [-0.25, -0.2) is 17.2 Å². The quantitative estimate of drug-likeness (QED) is 0.779. The second-order valence-corrected chi connectivity index (χ2v) is 7.92. The van der Waals surface area contributed by atoms with Gasteiger partial charge in [-0.05, 0) is 42.8 Å². The second-order valence-electron chi connectivity index (χ2n) is 5.98. The molecule has 0 aliphatic carbocycles. The molecule has 146 valence electrons. The zero-order valence-electron chi connectivity index (χ0n) is 15.4. The first kappa shape index (κ1) is 21.0. The summed E-state index contributed by atoms with van der Waals surface area (Å²) in [6.45, 7) is 5.93. The van der Waals surface area contributed by atoms with Crippen LogP contribution in [0.2, 0.25) is 0 Å². The van der Waals surface area contributed by atoms with Crippen molar-refractivity contribution in [2.45, 2.75) is 31.7 Å². The molecule has 0 bridgehead atoms. The van der Waals surface area contributed by atoms with E-state index in [1.54, 1.807) is 32.9 Å². The van der Waals surface area contributed by atoms with Crippen molar-refractivity contribution in [3.05, 3.63) is 65.2 Å². The predicted octanol–water partition coefficient (Wildman–Crippen LogP) is 3.49. The number of carbonyl (C=O) groups excluding carboxylic acids is 1. The van der Waals surface area contributed by atoms with Gasteiger partial charge >= 0.3 is 0 Å². The predicted molar refractivity (Wildman–Crippen MR) is 98.8 cm³/mol. The first-order valence-corrected chi connectivity index (χ1v) is 10.0. The SMILES string of the molecule is CCN(CC)S(=O)(=O)c1ccc(C(C)NC(=O)c2cc(F)ccc2F)cc1. The summed E-state index contributed by atoms with van der Waals surface area (Å²) in [5.74, 6) is -2.28. The molecule has 0 spiro atoms. The van der Waals surface area contributed by atoms with Gasteiger partial charge in [-0.15, -0.1) is 0 Å². The van der Waals surface area contributed by atoms with Crippen molar-refractivity contribution in [1.29, 1.82) is 0 Å². The third kappa shape index (κ3) is 4.70. The summed E-state index contributed by atoms with van der Waals surface area (Å²) in [7, 11) is -3.57. The third-order valence-corrected chi connectivity index (χ3v) is 6.31. The molecule has 0 saturated heterocycles. The van der Waals surface area contributed by atoms with Crippen LogP contribution in [0.4, 0.5) is 8.78 Å². The number of nitrogens with zero attached hydrogens (tertiary/aromatic N) is 1. The number of halogens is 2. The molecular formula is C19H22F2N2O3S. The van der Waals surface area contributed by atoms with Crippen LogP contribution in [-0.4, -0.2) is 31.7 Å². The number of rotatable bonds is 7. The van der Waals surface area contributed by atoms with Crippen molar-refractivity contribution in [1.82, 2.24) is 9.62 Å². The first-order chi connectivity index (χ1) is 12.7. The van der Waals surface area contributed by atoms with Crippen LogP contribution in [0.25, 0.3) is 0 Å². The zero-order valence-corrected chi connectivity index (χ0v) is 16.2. The minimum Gasteiger partial charge on any atom is -0.345 e. The van der Waals surface area contributed by atoms with E-state index in [9.17, 15) is 22.0 Å². The minimum absolute atomic E-state index is 0.157. The number of benzene rings is 2. The van der Waals surface area contributed by atoms with E-state index in [2.05, 4.69) is 5.32 Å². The Hall–Kier alpha value is -2.32. The van der Waals surface area contributed by atoms with Crippen molar-refractivity contribution in [2.24, 2.45) is 0 Å². The van der Waals surface area contributed by atoms with Gasteiger partial charge in [0.15, 0.2) is 0 Å². The average Bonchev–Trinajstić information content (AvgIpc) is 2.64. The van der Waals surface area contributed by atoms with Gasteiger partial charge in [0.05, 0.1) is 16.5 Å². The van der Waals surface area contributed by atoms with Crippen molar-refractivity contribution in [3.63, 3.8) is 0 Å². The lowest BCUT2D eigenvalue weighted by atomic mass is 10.1. The molecule has 1 atom stereocenters. The Morgan fingerprint density at radius 3 is 2.22 bits per heavy atom. The fourth-order valence-electron chi connectivity index (χ4n) is 2.67. The highest BCUT2D eigenvalue weighted by Crippen LogP contribution is 2.20. The lowest BCUT2D eigenvalue weighted by molar-refractivity contribution is 0.0935. The van der Waals surface area contributed by atoms with Crippen LogP contribution in [0.1, 0.15) is 42.7 Å². The van der Waals surface area contributed by atoms with Gasteiger partial charge in [-0.3, -0.25) is 4.79 Å². The van der Waals surface area contributed by atoms with Gasteiger partial charge in [0.1, 0.15) is 11.6 Å². The average molecular weight is 396 g/mol. The van der Waals surface area contributed by atoms with Gasteiger partial charge in [0.2, 0.25) is 10.0 Å². The minimum atomic E-state index is -3.57. The molecule has 0 aliphatic rings. The van der Waals surface area contributed by atoms with E-state index in [4.69, 9.17) is 0 Å². The van der Waals surface area contributed by atoms with Crippen LogP contribution < -0.4 is 5.32 Å². The van der Waals surface area contributed by atoms with Gasteiger partial charge in [0.25, 0.3) is 5.91 Å². The molecule has 0 fully saturated rings. The summed E-state index contributed by atoms with van der Waals surface area (Å²) in [6.07, 6.45) is 0. The number of hydrogen-bond acceptors (Lipinski definition) is 3. The van der Waals surface area contributed by atoms with E-state index in [0.29, 0.717) is 18.7 Å². The monoisotopic (exact) mass is 396 g/mol. The molecule has 0 aromatic heterocycles. The Bertz CT molecular complexity index is 911. The van der Waals surface area contributed by atoms with Crippen molar-refractivity contribution >= 4 is 15.9 Å². The van der Waals surface area contributed by atoms with Crippen LogP contribution in [-0.2, 0) is 10.0 Å². The standard InChI is InChI=1S/C19H22F2N2O3S/c1-4-23(5-2)27(25,26)16-9-6-14(7-10-16)13(3)22-19(24)17-12-15(20)8-11-18(17)21/h6-13H,4-5H2,1-3H3,(H,22,24). The summed E-state index contributed by atoms with van der Waals surface area (Å²) in [4.78, 5) is 12.3. The number of sulfonamides is 1. The molecule has 0 aliphatic heterocycles. The van der Waals surface area contributed by atoms with Gasteiger partial charge < -0.3 is 5.32 Å². The zero-order chi connectivity index (χ0) is 20.2. The Kier molecular flexibility index (Phi) is 6.67. The molecule has 2 aromatic rings. The topological polar surface area (TPSA) is 66.5 Å². The summed E-state index contributed by atoms with van der Waals surface area (Å²) < 4.78 is 53.3. The number of hydrogen-bond donors (Lipinski definition) is 1. The fourth-order valence-corrected chi connectivity index (χ4v) is 4.13. The molecule has 8 heteroatoms.